The van der Waals surface area contributed by atoms with E-state index in [4.69, 9.17) is 11.1 Å². The van der Waals surface area contributed by atoms with Crippen LogP contribution in [0.25, 0.3) is 11.0 Å². The lowest BCUT2D eigenvalue weighted by Gasteiger charge is -1.89. The van der Waals surface area contributed by atoms with Crippen LogP contribution in [0.1, 0.15) is 0 Å². The molecule has 0 fully saturated rings. The molecule has 0 aliphatic heterocycles. The molecular formula is C8H8ClN4S-. The first-order chi connectivity index (χ1) is 6.25. The number of halogens is 1. The van der Waals surface area contributed by atoms with E-state index < -0.39 is 0 Å². The van der Waals surface area contributed by atoms with Crippen molar-refractivity contribution in [1.29, 1.82) is 5.41 Å². The van der Waals surface area contributed by atoms with Crippen molar-refractivity contribution in [3.05, 3.63) is 24.3 Å². The van der Waals surface area contributed by atoms with E-state index in [9.17, 15) is 0 Å². The molecule has 6 heteroatoms. The number of fused-ring (bicyclic) bond motifs is 1. The number of thioether (sulfide) groups is 1. The Bertz CT molecular complexity index is 420. The number of hydrogen-bond acceptors (Lipinski definition) is 3. The minimum Gasteiger partial charge on any atom is -1.00 e. The molecule has 0 bridgehead atoms. The van der Waals surface area contributed by atoms with Crippen molar-refractivity contribution in [3.8, 4) is 0 Å². The maximum Gasteiger partial charge on any atom is 0.174 e. The molecule has 0 aliphatic rings. The zero-order chi connectivity index (χ0) is 9.26. The van der Waals surface area contributed by atoms with Crippen LogP contribution in [0.2, 0.25) is 0 Å². The minimum absolute atomic E-state index is 0. The fourth-order valence-corrected chi connectivity index (χ4v) is 1.60. The van der Waals surface area contributed by atoms with Gasteiger partial charge in [0, 0.05) is 0 Å². The first kappa shape index (κ1) is 10.9. The maximum atomic E-state index is 7.09. The number of benzene rings is 1. The van der Waals surface area contributed by atoms with Crippen molar-refractivity contribution in [2.45, 2.75) is 5.16 Å². The smallest absolute Gasteiger partial charge is 0.174 e. The number of amidine groups is 1. The summed E-state index contributed by atoms with van der Waals surface area (Å²) < 4.78 is 0. The molecule has 0 atom stereocenters. The number of rotatable bonds is 1. The average molecular weight is 228 g/mol. The zero-order valence-electron chi connectivity index (χ0n) is 7.12. The van der Waals surface area contributed by atoms with Gasteiger partial charge in [-0.2, -0.15) is 0 Å². The molecule has 0 amide bonds. The summed E-state index contributed by atoms with van der Waals surface area (Å²) in [5.41, 5.74) is 7.09. The van der Waals surface area contributed by atoms with Gasteiger partial charge in [0.2, 0.25) is 0 Å². The molecule has 4 N–H and O–H groups in total. The van der Waals surface area contributed by atoms with Gasteiger partial charge in [-0.25, -0.2) is 4.98 Å². The zero-order valence-corrected chi connectivity index (χ0v) is 8.69. The summed E-state index contributed by atoms with van der Waals surface area (Å²) in [4.78, 5) is 7.30. The summed E-state index contributed by atoms with van der Waals surface area (Å²) in [5, 5.41) is 7.79. The van der Waals surface area contributed by atoms with Gasteiger partial charge < -0.3 is 23.1 Å². The largest absolute Gasteiger partial charge is 1.00 e. The average Bonchev–Trinajstić information content (AvgIpc) is 2.44. The lowest BCUT2D eigenvalue weighted by Crippen LogP contribution is -3.00. The van der Waals surface area contributed by atoms with Crippen molar-refractivity contribution >= 4 is 28.0 Å². The number of aromatic nitrogens is 2. The normalized spacial score (nSPS) is 9.71. The van der Waals surface area contributed by atoms with E-state index in [0.29, 0.717) is 5.16 Å². The topological polar surface area (TPSA) is 78.6 Å². The van der Waals surface area contributed by atoms with Gasteiger partial charge in [0.25, 0.3) is 0 Å². The van der Waals surface area contributed by atoms with Crippen LogP contribution in [0.15, 0.2) is 29.4 Å². The number of aromatic amines is 1. The highest BCUT2D eigenvalue weighted by atomic mass is 35.5. The van der Waals surface area contributed by atoms with Gasteiger partial charge in [0.15, 0.2) is 10.3 Å². The lowest BCUT2D eigenvalue weighted by molar-refractivity contribution is -0.00000302. The van der Waals surface area contributed by atoms with Crippen LogP contribution in [0.4, 0.5) is 0 Å². The standard InChI is InChI=1S/C8H8N4S.ClH/c9-7(10)13-8-11-5-3-1-2-4-6(5)12-8;/h1-4H,(H3,9,10)(H,11,12);1H/p-1. The van der Waals surface area contributed by atoms with Gasteiger partial charge in [-0.15, -0.1) is 0 Å². The number of H-pyrrole nitrogens is 1. The number of nitrogens with zero attached hydrogens (tertiary/aromatic N) is 1. The van der Waals surface area contributed by atoms with Gasteiger partial charge >= 0.3 is 0 Å². The maximum absolute atomic E-state index is 7.09. The summed E-state index contributed by atoms with van der Waals surface area (Å²) in [6.45, 7) is 0. The molecule has 14 heavy (non-hydrogen) atoms. The monoisotopic (exact) mass is 227 g/mol. The Kier molecular flexibility index (Phi) is 3.38. The van der Waals surface area contributed by atoms with Gasteiger partial charge in [-0.3, -0.25) is 5.41 Å². The van der Waals surface area contributed by atoms with Gasteiger partial charge in [-0.05, 0) is 23.9 Å². The fraction of sp³-hybridized carbons (Fsp3) is 0. The molecule has 0 unspecified atom stereocenters. The molecule has 0 aliphatic carbocycles. The van der Waals surface area contributed by atoms with Crippen molar-refractivity contribution < 1.29 is 12.4 Å². The minimum atomic E-state index is 0. The van der Waals surface area contributed by atoms with E-state index in [1.54, 1.807) is 0 Å². The van der Waals surface area contributed by atoms with E-state index in [0.717, 1.165) is 22.8 Å². The number of nitrogens with one attached hydrogen (secondary N) is 2. The highest BCUT2D eigenvalue weighted by Crippen LogP contribution is 2.18. The van der Waals surface area contributed by atoms with E-state index in [2.05, 4.69) is 9.97 Å². The second kappa shape index (κ2) is 4.34. The van der Waals surface area contributed by atoms with Crippen LogP contribution in [0, 0.1) is 5.41 Å². The molecule has 1 heterocycles. The number of para-hydroxylation sites is 2. The fourth-order valence-electron chi connectivity index (χ4n) is 1.08. The summed E-state index contributed by atoms with van der Waals surface area (Å²) in [5.74, 6) is 0. The lowest BCUT2D eigenvalue weighted by atomic mass is 10.3. The molecule has 0 radical (unpaired) electrons. The van der Waals surface area contributed by atoms with E-state index in [1.165, 1.54) is 0 Å². The van der Waals surface area contributed by atoms with Crippen LogP contribution in [-0.4, -0.2) is 15.1 Å². The molecule has 2 rings (SSSR count). The third-order valence-electron chi connectivity index (χ3n) is 1.57. The molecule has 1 aromatic carbocycles. The molecule has 2 aromatic rings. The Balaban J connectivity index is 0.000000980. The predicted molar refractivity (Wildman–Crippen MR) is 53.9 cm³/mol. The van der Waals surface area contributed by atoms with E-state index in [-0.39, 0.29) is 17.6 Å². The Morgan fingerprint density at radius 3 is 2.79 bits per heavy atom. The van der Waals surface area contributed by atoms with Crippen LogP contribution in [0.5, 0.6) is 0 Å². The van der Waals surface area contributed by atoms with Crippen molar-refractivity contribution in [2.75, 3.05) is 0 Å². The highest BCUT2D eigenvalue weighted by molar-refractivity contribution is 8.13. The van der Waals surface area contributed by atoms with Gasteiger partial charge in [-0.1, -0.05) is 12.1 Å². The number of hydrogen-bond donors (Lipinski definition) is 3. The molecule has 0 saturated heterocycles. The summed E-state index contributed by atoms with van der Waals surface area (Å²) in [6, 6.07) is 7.71. The summed E-state index contributed by atoms with van der Waals surface area (Å²) in [6.07, 6.45) is 0. The predicted octanol–water partition coefficient (Wildman–Crippen LogP) is -1.45. The van der Waals surface area contributed by atoms with Crippen molar-refractivity contribution in [3.63, 3.8) is 0 Å². The van der Waals surface area contributed by atoms with Gasteiger partial charge in [0.1, 0.15) is 0 Å². The number of imidazole rings is 1. The molecule has 74 valence electrons. The molecule has 4 nitrogen and oxygen atoms in total. The Labute approximate surface area is 91.2 Å². The van der Waals surface area contributed by atoms with Crippen LogP contribution in [-0.2, 0) is 0 Å². The number of nitrogens with two attached hydrogens (primary N) is 1. The van der Waals surface area contributed by atoms with Crippen molar-refractivity contribution in [1.82, 2.24) is 9.97 Å². The molecule has 0 spiro atoms. The quantitative estimate of drug-likeness (QED) is 0.317. The van der Waals surface area contributed by atoms with Crippen LogP contribution < -0.4 is 18.1 Å². The third-order valence-corrected chi connectivity index (χ3v) is 2.18. The SMILES string of the molecule is N=C(N)Sc1nc2ccccc2[nH]1.[Cl-]. The van der Waals surface area contributed by atoms with E-state index >= 15 is 0 Å². The van der Waals surface area contributed by atoms with E-state index in [1.807, 2.05) is 24.3 Å². The first-order valence-electron chi connectivity index (χ1n) is 3.72. The second-order valence-electron chi connectivity index (χ2n) is 2.53. The Morgan fingerprint density at radius 1 is 1.43 bits per heavy atom. The van der Waals surface area contributed by atoms with Crippen LogP contribution in [0.3, 0.4) is 0 Å². The summed E-state index contributed by atoms with van der Waals surface area (Å²) >= 11 is 1.12. The first-order valence-corrected chi connectivity index (χ1v) is 4.54. The van der Waals surface area contributed by atoms with Gasteiger partial charge in [0.05, 0.1) is 11.0 Å². The molecule has 0 saturated carbocycles. The third kappa shape index (κ3) is 2.18. The summed E-state index contributed by atoms with van der Waals surface area (Å²) in [7, 11) is 0. The van der Waals surface area contributed by atoms with Crippen molar-refractivity contribution in [2.24, 2.45) is 5.73 Å². The molecule has 1 aromatic heterocycles. The molecular weight excluding hydrogens is 220 g/mol. The Morgan fingerprint density at radius 2 is 2.14 bits per heavy atom. The Hall–Kier alpha value is -1.20. The van der Waals surface area contributed by atoms with Crippen LogP contribution >= 0.6 is 11.8 Å². The second-order valence-corrected chi connectivity index (χ2v) is 3.56. The highest BCUT2D eigenvalue weighted by Gasteiger charge is 2.02.